The Morgan fingerprint density at radius 1 is 1.13 bits per heavy atom. The minimum absolute atomic E-state index is 0.0239. The number of carbonyl (C=O) groups is 2. The summed E-state index contributed by atoms with van der Waals surface area (Å²) in [6.07, 6.45) is 3.49. The Morgan fingerprint density at radius 3 is 2.50 bits per heavy atom. The van der Waals surface area contributed by atoms with E-state index < -0.39 is 6.04 Å². The number of rotatable bonds is 6. The summed E-state index contributed by atoms with van der Waals surface area (Å²) in [6, 6.07) is 12.3. The normalized spacial score (nSPS) is 19.4. The number of benzene rings is 2. The number of hydrogen-bond donors (Lipinski definition) is 1. The molecule has 0 bridgehead atoms. The fraction of sp³-hybridized carbons (Fsp3) is 0.391. The van der Waals surface area contributed by atoms with E-state index in [1.54, 1.807) is 23.1 Å². The third-order valence-corrected chi connectivity index (χ3v) is 6.61. The van der Waals surface area contributed by atoms with Crippen molar-refractivity contribution in [3.8, 4) is 5.75 Å². The molecule has 158 valence electrons. The van der Waals surface area contributed by atoms with Gasteiger partial charge in [0.1, 0.15) is 11.8 Å². The zero-order valence-electron chi connectivity index (χ0n) is 16.8. The van der Waals surface area contributed by atoms with Gasteiger partial charge in [0.05, 0.1) is 12.7 Å². The molecule has 1 aliphatic carbocycles. The summed E-state index contributed by atoms with van der Waals surface area (Å²) in [4.78, 5) is 27.8. The molecule has 2 aromatic rings. The van der Waals surface area contributed by atoms with Gasteiger partial charge in [-0.2, -0.15) is 0 Å². The molecule has 0 spiro atoms. The number of amides is 2. The molecular formula is C23H24Cl2N2O3. The van der Waals surface area contributed by atoms with Gasteiger partial charge < -0.3 is 15.0 Å². The second-order valence-corrected chi connectivity index (χ2v) is 8.88. The Balaban J connectivity index is 1.45. The molecule has 2 fully saturated rings. The molecule has 2 aliphatic rings. The monoisotopic (exact) mass is 446 g/mol. The summed E-state index contributed by atoms with van der Waals surface area (Å²) in [6.45, 7) is 1.10. The van der Waals surface area contributed by atoms with Crippen molar-refractivity contribution in [1.82, 2.24) is 10.2 Å². The maximum Gasteiger partial charge on any atom is 0.258 e. The van der Waals surface area contributed by atoms with Crippen molar-refractivity contribution in [3.05, 3.63) is 63.6 Å². The maximum absolute atomic E-state index is 13.2. The summed E-state index contributed by atoms with van der Waals surface area (Å²) < 4.78 is 5.32. The molecule has 2 amide bonds. The van der Waals surface area contributed by atoms with E-state index >= 15 is 0 Å². The van der Waals surface area contributed by atoms with Crippen LogP contribution in [0.1, 0.15) is 41.6 Å². The van der Waals surface area contributed by atoms with Gasteiger partial charge in [0, 0.05) is 28.5 Å². The lowest BCUT2D eigenvalue weighted by molar-refractivity contribution is -0.124. The van der Waals surface area contributed by atoms with Crippen LogP contribution in [0.2, 0.25) is 10.0 Å². The van der Waals surface area contributed by atoms with E-state index in [0.29, 0.717) is 40.9 Å². The van der Waals surface area contributed by atoms with Gasteiger partial charge in [-0.05, 0) is 61.6 Å². The Labute approximate surface area is 186 Å². The average Bonchev–Trinajstić information content (AvgIpc) is 3.38. The van der Waals surface area contributed by atoms with E-state index in [-0.39, 0.29) is 17.2 Å². The molecule has 2 aromatic carbocycles. The Hall–Kier alpha value is -2.24. The van der Waals surface area contributed by atoms with Crippen LogP contribution in [-0.2, 0) is 10.2 Å². The minimum Gasteiger partial charge on any atom is -0.496 e. The Kier molecular flexibility index (Phi) is 5.94. The summed E-state index contributed by atoms with van der Waals surface area (Å²) in [7, 11) is 1.51. The highest BCUT2D eigenvalue weighted by molar-refractivity contribution is 6.31. The summed E-state index contributed by atoms with van der Waals surface area (Å²) >= 11 is 12.1. The van der Waals surface area contributed by atoms with Gasteiger partial charge >= 0.3 is 0 Å². The van der Waals surface area contributed by atoms with Gasteiger partial charge in [0.25, 0.3) is 5.91 Å². The predicted molar refractivity (Wildman–Crippen MR) is 117 cm³/mol. The first-order valence-electron chi connectivity index (χ1n) is 10.1. The second-order valence-electron chi connectivity index (χ2n) is 8.01. The third-order valence-electron chi connectivity index (χ3n) is 6.12. The molecule has 1 unspecified atom stereocenters. The van der Waals surface area contributed by atoms with Crippen LogP contribution < -0.4 is 10.1 Å². The Morgan fingerprint density at radius 2 is 1.83 bits per heavy atom. The van der Waals surface area contributed by atoms with Gasteiger partial charge in [-0.15, -0.1) is 0 Å². The smallest absolute Gasteiger partial charge is 0.258 e. The topological polar surface area (TPSA) is 58.6 Å². The van der Waals surface area contributed by atoms with E-state index in [9.17, 15) is 9.59 Å². The number of hydrogen-bond acceptors (Lipinski definition) is 3. The van der Waals surface area contributed by atoms with E-state index in [0.717, 1.165) is 19.3 Å². The summed E-state index contributed by atoms with van der Waals surface area (Å²) in [5.74, 6) is 0.114. The quantitative estimate of drug-likeness (QED) is 0.712. The van der Waals surface area contributed by atoms with E-state index in [1.165, 1.54) is 12.7 Å². The van der Waals surface area contributed by atoms with Crippen molar-refractivity contribution in [2.45, 2.75) is 37.1 Å². The molecule has 0 radical (unpaired) electrons. The largest absolute Gasteiger partial charge is 0.496 e. The zero-order valence-corrected chi connectivity index (χ0v) is 18.3. The van der Waals surface area contributed by atoms with Crippen LogP contribution in [0.25, 0.3) is 0 Å². The van der Waals surface area contributed by atoms with E-state index in [2.05, 4.69) is 5.32 Å². The first-order valence-corrected chi connectivity index (χ1v) is 10.9. The highest BCUT2D eigenvalue weighted by atomic mass is 35.5. The highest BCUT2D eigenvalue weighted by Gasteiger charge is 2.45. The lowest BCUT2D eigenvalue weighted by Gasteiger charge is -2.26. The molecule has 0 aromatic heterocycles. The maximum atomic E-state index is 13.2. The SMILES string of the molecule is COc1ccc(Cl)cc1C(=O)N1CCCC1C(=O)NCC1(c2ccc(Cl)cc2)CC1. The van der Waals surface area contributed by atoms with Gasteiger partial charge in [0.15, 0.2) is 0 Å². The first-order chi connectivity index (χ1) is 14.4. The molecule has 4 rings (SSSR count). The van der Waals surface area contributed by atoms with Gasteiger partial charge in [0.2, 0.25) is 5.91 Å². The number of carbonyl (C=O) groups excluding carboxylic acids is 2. The van der Waals surface area contributed by atoms with Crippen LogP contribution in [0.3, 0.4) is 0 Å². The molecule has 7 heteroatoms. The second kappa shape index (κ2) is 8.48. The van der Waals surface area contributed by atoms with Crippen molar-refractivity contribution in [1.29, 1.82) is 0 Å². The van der Waals surface area contributed by atoms with Gasteiger partial charge in [-0.3, -0.25) is 9.59 Å². The van der Waals surface area contributed by atoms with Crippen molar-refractivity contribution >= 4 is 35.0 Å². The number of nitrogens with zero attached hydrogens (tertiary/aromatic N) is 1. The van der Waals surface area contributed by atoms with Crippen molar-refractivity contribution < 1.29 is 14.3 Å². The fourth-order valence-electron chi connectivity index (χ4n) is 4.18. The molecule has 1 saturated carbocycles. The van der Waals surface area contributed by atoms with Crippen LogP contribution >= 0.6 is 23.2 Å². The van der Waals surface area contributed by atoms with Crippen LogP contribution in [-0.4, -0.2) is 43.0 Å². The van der Waals surface area contributed by atoms with Crippen LogP contribution in [0.4, 0.5) is 0 Å². The molecular weight excluding hydrogens is 423 g/mol. The molecule has 1 atom stereocenters. The predicted octanol–water partition coefficient (Wildman–Crippen LogP) is 4.45. The lowest BCUT2D eigenvalue weighted by atomic mass is 9.96. The van der Waals surface area contributed by atoms with Crippen molar-refractivity contribution in [2.24, 2.45) is 0 Å². The van der Waals surface area contributed by atoms with Gasteiger partial charge in [-0.1, -0.05) is 35.3 Å². The molecule has 5 nitrogen and oxygen atoms in total. The molecule has 1 heterocycles. The summed E-state index contributed by atoms with van der Waals surface area (Å²) in [5.41, 5.74) is 1.55. The van der Waals surface area contributed by atoms with E-state index in [1.807, 2.05) is 24.3 Å². The third kappa shape index (κ3) is 4.14. The van der Waals surface area contributed by atoms with Crippen molar-refractivity contribution in [2.75, 3.05) is 20.2 Å². The number of ether oxygens (including phenoxy) is 1. The number of methoxy groups -OCH3 is 1. The molecule has 1 saturated heterocycles. The minimum atomic E-state index is -0.484. The van der Waals surface area contributed by atoms with Crippen LogP contribution in [0.15, 0.2) is 42.5 Å². The fourth-order valence-corrected chi connectivity index (χ4v) is 4.48. The van der Waals surface area contributed by atoms with Crippen LogP contribution in [0, 0.1) is 0 Å². The average molecular weight is 447 g/mol. The van der Waals surface area contributed by atoms with E-state index in [4.69, 9.17) is 27.9 Å². The number of nitrogens with one attached hydrogen (secondary N) is 1. The van der Waals surface area contributed by atoms with Gasteiger partial charge in [-0.25, -0.2) is 0 Å². The lowest BCUT2D eigenvalue weighted by Crippen LogP contribution is -2.47. The molecule has 30 heavy (non-hydrogen) atoms. The molecule has 1 N–H and O–H groups in total. The molecule has 1 aliphatic heterocycles. The zero-order chi connectivity index (χ0) is 21.3. The number of likely N-dealkylation sites (tertiary alicyclic amines) is 1. The summed E-state index contributed by atoms with van der Waals surface area (Å²) in [5, 5.41) is 4.25. The number of halogens is 2. The van der Waals surface area contributed by atoms with Crippen molar-refractivity contribution in [3.63, 3.8) is 0 Å². The Bertz CT molecular complexity index is 957. The standard InChI is InChI=1S/C23H24Cl2N2O3/c1-30-20-9-8-17(25)13-18(20)22(29)27-12-2-3-19(27)21(28)26-14-23(10-11-23)15-4-6-16(24)7-5-15/h4-9,13,19H,2-3,10-12,14H2,1H3,(H,26,28). The van der Waals surface area contributed by atoms with Crippen LogP contribution in [0.5, 0.6) is 5.75 Å². The first kappa shape index (κ1) is 21.0. The highest BCUT2D eigenvalue weighted by Crippen LogP contribution is 2.47.